The third-order valence-electron chi connectivity index (χ3n) is 3.72. The molecule has 0 aromatic heterocycles. The van der Waals surface area contributed by atoms with Crippen LogP contribution < -0.4 is 0 Å². The van der Waals surface area contributed by atoms with Gasteiger partial charge in [-0.1, -0.05) is 37.3 Å². The minimum atomic E-state index is -0.730. The van der Waals surface area contributed by atoms with Gasteiger partial charge in [0.1, 0.15) is 0 Å². The van der Waals surface area contributed by atoms with E-state index in [2.05, 4.69) is 36.1 Å². The van der Waals surface area contributed by atoms with Gasteiger partial charge in [-0.15, -0.1) is 0 Å². The van der Waals surface area contributed by atoms with Crippen molar-refractivity contribution in [2.45, 2.75) is 12.8 Å². The summed E-state index contributed by atoms with van der Waals surface area (Å²) in [5.41, 5.74) is 1.37. The highest BCUT2D eigenvalue weighted by Gasteiger charge is 2.20. The zero-order valence-corrected chi connectivity index (χ0v) is 11.5. The Morgan fingerprint density at radius 2 is 1.74 bits per heavy atom. The number of carbonyl (C=O) groups is 1. The molecule has 0 amide bonds. The molecule has 19 heavy (non-hydrogen) atoms. The third-order valence-corrected chi connectivity index (χ3v) is 3.72. The van der Waals surface area contributed by atoms with E-state index in [0.29, 0.717) is 5.92 Å². The van der Waals surface area contributed by atoms with Crippen LogP contribution in [0.2, 0.25) is 0 Å². The van der Waals surface area contributed by atoms with Crippen molar-refractivity contribution >= 4 is 5.97 Å². The zero-order valence-electron chi connectivity index (χ0n) is 11.5. The molecule has 1 heterocycles. The van der Waals surface area contributed by atoms with Gasteiger partial charge >= 0.3 is 5.97 Å². The van der Waals surface area contributed by atoms with Crippen LogP contribution in [0.5, 0.6) is 0 Å². The van der Waals surface area contributed by atoms with Crippen molar-refractivity contribution in [2.24, 2.45) is 0 Å². The Morgan fingerprint density at radius 3 is 2.32 bits per heavy atom. The molecule has 0 radical (unpaired) electrons. The molecule has 1 atom stereocenters. The lowest BCUT2D eigenvalue weighted by Gasteiger charge is -2.35. The summed E-state index contributed by atoms with van der Waals surface area (Å²) in [4.78, 5) is 15.1. The number of benzene rings is 1. The topological polar surface area (TPSA) is 43.8 Å². The van der Waals surface area contributed by atoms with Crippen molar-refractivity contribution in [1.29, 1.82) is 0 Å². The highest BCUT2D eigenvalue weighted by atomic mass is 16.4. The molecule has 1 unspecified atom stereocenters. The van der Waals surface area contributed by atoms with Crippen LogP contribution in [0.15, 0.2) is 30.3 Å². The Bertz CT molecular complexity index is 400. The van der Waals surface area contributed by atoms with Gasteiger partial charge in [-0.2, -0.15) is 0 Å². The van der Waals surface area contributed by atoms with Crippen LogP contribution in [0.1, 0.15) is 18.4 Å². The second-order valence-corrected chi connectivity index (χ2v) is 5.28. The van der Waals surface area contributed by atoms with E-state index in [4.69, 9.17) is 5.11 Å². The Labute approximate surface area is 114 Å². The van der Waals surface area contributed by atoms with Crippen LogP contribution in [0.25, 0.3) is 0 Å². The number of aliphatic carboxylic acids is 1. The number of piperazine rings is 1. The Balaban J connectivity index is 1.78. The molecule has 1 fully saturated rings. The van der Waals surface area contributed by atoms with Crippen molar-refractivity contribution in [2.75, 3.05) is 39.3 Å². The summed E-state index contributed by atoms with van der Waals surface area (Å²) in [6, 6.07) is 10.5. The number of carboxylic acid groups (broad SMARTS) is 1. The first-order valence-corrected chi connectivity index (χ1v) is 6.86. The number of nitrogens with zero attached hydrogens (tertiary/aromatic N) is 2. The van der Waals surface area contributed by atoms with Gasteiger partial charge in [0.15, 0.2) is 0 Å². The lowest BCUT2D eigenvalue weighted by molar-refractivity contribution is -0.138. The smallest absolute Gasteiger partial charge is 0.317 e. The van der Waals surface area contributed by atoms with E-state index in [1.165, 1.54) is 5.56 Å². The highest BCUT2D eigenvalue weighted by molar-refractivity contribution is 5.69. The van der Waals surface area contributed by atoms with E-state index in [0.717, 1.165) is 32.7 Å². The maximum Gasteiger partial charge on any atom is 0.317 e. The highest BCUT2D eigenvalue weighted by Crippen LogP contribution is 2.16. The van der Waals surface area contributed by atoms with E-state index in [-0.39, 0.29) is 6.54 Å². The molecular formula is C15H22N2O2. The first-order chi connectivity index (χ1) is 9.15. The van der Waals surface area contributed by atoms with Crippen molar-refractivity contribution < 1.29 is 9.90 Å². The first-order valence-electron chi connectivity index (χ1n) is 6.86. The number of carboxylic acids is 1. The minimum absolute atomic E-state index is 0.169. The van der Waals surface area contributed by atoms with Crippen molar-refractivity contribution in [3.05, 3.63) is 35.9 Å². The number of hydrogen-bond donors (Lipinski definition) is 1. The van der Waals surface area contributed by atoms with Gasteiger partial charge in [0.25, 0.3) is 0 Å². The van der Waals surface area contributed by atoms with Crippen LogP contribution >= 0.6 is 0 Å². The van der Waals surface area contributed by atoms with E-state index < -0.39 is 5.97 Å². The van der Waals surface area contributed by atoms with Crippen molar-refractivity contribution in [1.82, 2.24) is 9.80 Å². The average Bonchev–Trinajstić information content (AvgIpc) is 2.41. The Hall–Kier alpha value is -1.39. The molecule has 4 heteroatoms. The Morgan fingerprint density at radius 1 is 1.16 bits per heavy atom. The summed E-state index contributed by atoms with van der Waals surface area (Å²) < 4.78 is 0. The summed E-state index contributed by atoms with van der Waals surface area (Å²) in [6.07, 6.45) is 0. The fourth-order valence-electron chi connectivity index (χ4n) is 2.60. The largest absolute Gasteiger partial charge is 0.480 e. The SMILES string of the molecule is CC(CN1CCN(CC(=O)O)CC1)c1ccccc1. The van der Waals surface area contributed by atoms with Gasteiger partial charge in [-0.3, -0.25) is 9.69 Å². The molecule has 1 aromatic carbocycles. The molecule has 1 N–H and O–H groups in total. The van der Waals surface area contributed by atoms with Crippen LogP contribution in [-0.4, -0.2) is 60.1 Å². The molecular weight excluding hydrogens is 240 g/mol. The predicted molar refractivity (Wildman–Crippen MR) is 75.4 cm³/mol. The summed E-state index contributed by atoms with van der Waals surface area (Å²) in [6.45, 7) is 7.10. The molecule has 1 aromatic rings. The van der Waals surface area contributed by atoms with E-state index in [9.17, 15) is 4.79 Å². The fraction of sp³-hybridized carbons (Fsp3) is 0.533. The summed E-state index contributed by atoms with van der Waals surface area (Å²) in [5.74, 6) is -0.210. The molecule has 0 spiro atoms. The summed E-state index contributed by atoms with van der Waals surface area (Å²) >= 11 is 0. The van der Waals surface area contributed by atoms with E-state index >= 15 is 0 Å². The van der Waals surface area contributed by atoms with Gasteiger partial charge in [-0.05, 0) is 11.5 Å². The van der Waals surface area contributed by atoms with Crippen molar-refractivity contribution in [3.8, 4) is 0 Å². The lowest BCUT2D eigenvalue weighted by atomic mass is 10.0. The molecule has 2 rings (SSSR count). The lowest BCUT2D eigenvalue weighted by Crippen LogP contribution is -2.48. The Kier molecular flexibility index (Phi) is 4.93. The fourth-order valence-corrected chi connectivity index (χ4v) is 2.60. The maximum atomic E-state index is 10.7. The van der Waals surface area contributed by atoms with E-state index in [1.807, 2.05) is 11.0 Å². The molecule has 4 nitrogen and oxygen atoms in total. The van der Waals surface area contributed by atoms with Crippen molar-refractivity contribution in [3.63, 3.8) is 0 Å². The summed E-state index contributed by atoms with van der Waals surface area (Å²) in [7, 11) is 0. The molecule has 1 aliphatic heterocycles. The third kappa shape index (κ3) is 4.33. The quantitative estimate of drug-likeness (QED) is 0.873. The predicted octanol–water partition coefficient (Wildman–Crippen LogP) is 1.49. The zero-order chi connectivity index (χ0) is 13.7. The van der Waals surface area contributed by atoms with Gasteiger partial charge in [0, 0.05) is 32.7 Å². The summed E-state index contributed by atoms with van der Waals surface area (Å²) in [5, 5.41) is 8.77. The normalized spacial score (nSPS) is 19.2. The van der Waals surface area contributed by atoms with Gasteiger partial charge in [0.05, 0.1) is 6.54 Å². The first kappa shape index (κ1) is 14.0. The molecule has 1 saturated heterocycles. The maximum absolute atomic E-state index is 10.7. The van der Waals surface area contributed by atoms with E-state index in [1.54, 1.807) is 0 Å². The molecule has 0 bridgehead atoms. The molecule has 0 saturated carbocycles. The van der Waals surface area contributed by atoms with Gasteiger partial charge in [0.2, 0.25) is 0 Å². The molecule has 1 aliphatic rings. The van der Waals surface area contributed by atoms with Gasteiger partial charge in [-0.25, -0.2) is 0 Å². The van der Waals surface area contributed by atoms with Crippen LogP contribution in [-0.2, 0) is 4.79 Å². The average molecular weight is 262 g/mol. The van der Waals surface area contributed by atoms with Crippen LogP contribution in [0.4, 0.5) is 0 Å². The standard InChI is InChI=1S/C15H22N2O2/c1-13(14-5-3-2-4-6-14)11-16-7-9-17(10-8-16)12-15(18)19/h2-6,13H,7-12H2,1H3,(H,18,19). The second-order valence-electron chi connectivity index (χ2n) is 5.28. The second kappa shape index (κ2) is 6.68. The monoisotopic (exact) mass is 262 g/mol. The minimum Gasteiger partial charge on any atom is -0.480 e. The molecule has 0 aliphatic carbocycles. The molecule has 104 valence electrons. The van der Waals surface area contributed by atoms with Crippen LogP contribution in [0.3, 0.4) is 0 Å². The number of rotatable bonds is 5. The van der Waals surface area contributed by atoms with Crippen LogP contribution in [0, 0.1) is 0 Å². The number of hydrogen-bond acceptors (Lipinski definition) is 3. The van der Waals surface area contributed by atoms with Gasteiger partial charge < -0.3 is 10.0 Å².